The van der Waals surface area contributed by atoms with Gasteiger partial charge in [0, 0.05) is 11.8 Å². The lowest BCUT2D eigenvalue weighted by Gasteiger charge is -2.12. The topological polar surface area (TPSA) is 97.6 Å². The quantitative estimate of drug-likeness (QED) is 0.458. The lowest BCUT2D eigenvalue weighted by molar-refractivity contribution is -0.113. The Balaban J connectivity index is 1.86. The molecule has 0 radical (unpaired) electrons. The van der Waals surface area contributed by atoms with E-state index in [1.165, 1.54) is 25.5 Å². The van der Waals surface area contributed by atoms with Crippen LogP contribution in [-0.2, 0) is 9.53 Å². The van der Waals surface area contributed by atoms with Gasteiger partial charge in [-0.2, -0.15) is 0 Å². The van der Waals surface area contributed by atoms with Crippen LogP contribution in [0.5, 0.6) is 0 Å². The number of ether oxygens (including phenoxy) is 1. The SMILES string of the molecule is COC(=O)c1cccc(NC(=O)/C(=C\c2ccco2)NC(=O)c2ccccc2Cl)c1. The van der Waals surface area contributed by atoms with Gasteiger partial charge in [-0.25, -0.2) is 4.79 Å². The Hall–Kier alpha value is -3.84. The van der Waals surface area contributed by atoms with Gasteiger partial charge in [-0.15, -0.1) is 0 Å². The molecule has 7 nitrogen and oxygen atoms in total. The first-order valence-corrected chi connectivity index (χ1v) is 9.16. The van der Waals surface area contributed by atoms with Gasteiger partial charge in [0.05, 0.1) is 29.5 Å². The number of benzene rings is 2. The van der Waals surface area contributed by atoms with Crippen molar-refractivity contribution in [3.05, 3.63) is 94.5 Å². The molecule has 2 N–H and O–H groups in total. The van der Waals surface area contributed by atoms with Gasteiger partial charge in [-0.05, 0) is 42.5 Å². The normalized spacial score (nSPS) is 10.9. The summed E-state index contributed by atoms with van der Waals surface area (Å²) in [5, 5.41) is 5.44. The van der Waals surface area contributed by atoms with Crippen LogP contribution in [0.25, 0.3) is 6.08 Å². The van der Waals surface area contributed by atoms with Crippen molar-refractivity contribution in [2.24, 2.45) is 0 Å². The highest BCUT2D eigenvalue weighted by molar-refractivity contribution is 6.34. The number of amides is 2. The van der Waals surface area contributed by atoms with Crippen LogP contribution in [-0.4, -0.2) is 24.9 Å². The highest BCUT2D eigenvalue weighted by Crippen LogP contribution is 2.17. The van der Waals surface area contributed by atoms with Gasteiger partial charge in [0.2, 0.25) is 0 Å². The van der Waals surface area contributed by atoms with Gasteiger partial charge in [-0.1, -0.05) is 29.8 Å². The van der Waals surface area contributed by atoms with Crippen LogP contribution in [0.1, 0.15) is 26.5 Å². The molecule has 0 unspecified atom stereocenters. The third-order valence-corrected chi connectivity index (χ3v) is 4.31. The smallest absolute Gasteiger partial charge is 0.337 e. The molecule has 0 bridgehead atoms. The molecule has 0 saturated carbocycles. The maximum atomic E-state index is 12.9. The maximum Gasteiger partial charge on any atom is 0.337 e. The second-order valence-electron chi connectivity index (χ2n) is 6.03. The number of nitrogens with one attached hydrogen (secondary N) is 2. The zero-order chi connectivity index (χ0) is 21.5. The summed E-state index contributed by atoms with van der Waals surface area (Å²) in [6.45, 7) is 0. The minimum Gasteiger partial charge on any atom is -0.465 e. The number of carbonyl (C=O) groups excluding carboxylic acids is 3. The van der Waals surface area contributed by atoms with E-state index >= 15 is 0 Å². The molecule has 8 heteroatoms. The summed E-state index contributed by atoms with van der Waals surface area (Å²) in [6, 6.07) is 16.0. The second-order valence-corrected chi connectivity index (χ2v) is 6.44. The molecular weight excluding hydrogens is 408 g/mol. The first-order valence-electron chi connectivity index (χ1n) is 8.78. The van der Waals surface area contributed by atoms with E-state index in [0.717, 1.165) is 0 Å². The number of rotatable bonds is 6. The molecule has 0 saturated heterocycles. The van der Waals surface area contributed by atoms with Crippen molar-refractivity contribution in [2.45, 2.75) is 0 Å². The molecule has 0 aliphatic rings. The maximum absolute atomic E-state index is 12.9. The Morgan fingerprint density at radius 3 is 2.53 bits per heavy atom. The van der Waals surface area contributed by atoms with Crippen LogP contribution >= 0.6 is 11.6 Å². The molecule has 1 heterocycles. The lowest BCUT2D eigenvalue weighted by atomic mass is 10.2. The molecule has 152 valence electrons. The predicted octanol–water partition coefficient (Wildman–Crippen LogP) is 4.13. The summed E-state index contributed by atoms with van der Waals surface area (Å²) in [5.74, 6) is -1.35. The summed E-state index contributed by atoms with van der Waals surface area (Å²) in [5.41, 5.74) is 0.760. The number of hydrogen-bond donors (Lipinski definition) is 2. The molecular formula is C22H17ClN2O5. The van der Waals surface area contributed by atoms with E-state index in [2.05, 4.69) is 15.4 Å². The van der Waals surface area contributed by atoms with Gasteiger partial charge in [0.25, 0.3) is 11.8 Å². The fourth-order valence-corrected chi connectivity index (χ4v) is 2.77. The van der Waals surface area contributed by atoms with Crippen LogP contribution in [0.3, 0.4) is 0 Å². The van der Waals surface area contributed by atoms with Crippen LogP contribution < -0.4 is 10.6 Å². The summed E-state index contributed by atoms with van der Waals surface area (Å²) in [6.07, 6.45) is 2.82. The van der Waals surface area contributed by atoms with Crippen molar-refractivity contribution >= 4 is 41.1 Å². The van der Waals surface area contributed by atoms with Crippen LogP contribution in [0.2, 0.25) is 5.02 Å². The van der Waals surface area contributed by atoms with E-state index in [1.807, 2.05) is 0 Å². The number of carbonyl (C=O) groups is 3. The molecule has 0 aliphatic heterocycles. The van der Waals surface area contributed by atoms with Gasteiger partial charge in [0.1, 0.15) is 11.5 Å². The van der Waals surface area contributed by atoms with E-state index in [1.54, 1.807) is 54.6 Å². The second kappa shape index (κ2) is 9.58. The van der Waals surface area contributed by atoms with Gasteiger partial charge < -0.3 is 19.8 Å². The van der Waals surface area contributed by atoms with Crippen molar-refractivity contribution in [3.63, 3.8) is 0 Å². The molecule has 1 aromatic heterocycles. The average molecular weight is 425 g/mol. The fourth-order valence-electron chi connectivity index (χ4n) is 2.55. The van der Waals surface area contributed by atoms with E-state index in [4.69, 9.17) is 16.0 Å². The van der Waals surface area contributed by atoms with Crippen molar-refractivity contribution in [1.29, 1.82) is 0 Å². The monoisotopic (exact) mass is 424 g/mol. The molecule has 30 heavy (non-hydrogen) atoms. The summed E-state index contributed by atoms with van der Waals surface area (Å²) >= 11 is 6.07. The predicted molar refractivity (Wildman–Crippen MR) is 112 cm³/mol. The number of anilines is 1. The third kappa shape index (κ3) is 5.15. The van der Waals surface area contributed by atoms with Crippen LogP contribution in [0.15, 0.2) is 77.0 Å². The average Bonchev–Trinajstić information content (AvgIpc) is 3.26. The van der Waals surface area contributed by atoms with Crippen molar-refractivity contribution < 1.29 is 23.5 Å². The zero-order valence-corrected chi connectivity index (χ0v) is 16.6. The minimum absolute atomic E-state index is 0.0710. The summed E-state index contributed by atoms with van der Waals surface area (Å²) in [7, 11) is 1.27. The number of halogens is 1. The van der Waals surface area contributed by atoms with Crippen LogP contribution in [0, 0.1) is 0 Å². The Labute approximate surface area is 177 Å². The molecule has 0 spiro atoms. The zero-order valence-electron chi connectivity index (χ0n) is 15.8. The molecule has 0 fully saturated rings. The molecule has 0 aliphatic carbocycles. The molecule has 3 aromatic rings. The molecule has 0 atom stereocenters. The van der Waals surface area contributed by atoms with Gasteiger partial charge >= 0.3 is 5.97 Å². The van der Waals surface area contributed by atoms with E-state index in [0.29, 0.717) is 11.4 Å². The molecule has 3 rings (SSSR count). The standard InChI is InChI=1S/C22H17ClN2O5/c1-29-22(28)14-6-4-7-15(12-14)24-21(27)19(13-16-8-5-11-30-16)25-20(26)17-9-2-3-10-18(17)23/h2-13H,1H3,(H,24,27)(H,25,26)/b19-13+. The largest absolute Gasteiger partial charge is 0.465 e. The fraction of sp³-hybridized carbons (Fsp3) is 0.0455. The van der Waals surface area contributed by atoms with E-state index in [9.17, 15) is 14.4 Å². The Kier molecular flexibility index (Phi) is 6.67. The third-order valence-electron chi connectivity index (χ3n) is 3.98. The van der Waals surface area contributed by atoms with E-state index in [-0.39, 0.29) is 21.8 Å². The number of esters is 1. The minimum atomic E-state index is -0.617. The number of methoxy groups -OCH3 is 1. The number of furan rings is 1. The Morgan fingerprint density at radius 1 is 1.03 bits per heavy atom. The van der Waals surface area contributed by atoms with Crippen molar-refractivity contribution in [1.82, 2.24) is 5.32 Å². The highest BCUT2D eigenvalue weighted by Gasteiger charge is 2.18. The summed E-state index contributed by atoms with van der Waals surface area (Å²) in [4.78, 5) is 37.2. The lowest BCUT2D eigenvalue weighted by Crippen LogP contribution is -2.31. The van der Waals surface area contributed by atoms with Gasteiger partial charge in [0.15, 0.2) is 0 Å². The summed E-state index contributed by atoms with van der Waals surface area (Å²) < 4.78 is 9.93. The Morgan fingerprint density at radius 2 is 1.83 bits per heavy atom. The van der Waals surface area contributed by atoms with Crippen LogP contribution in [0.4, 0.5) is 5.69 Å². The Bertz CT molecular complexity index is 1110. The van der Waals surface area contributed by atoms with Crippen molar-refractivity contribution in [2.75, 3.05) is 12.4 Å². The van der Waals surface area contributed by atoms with Crippen molar-refractivity contribution in [3.8, 4) is 0 Å². The first-order chi connectivity index (χ1) is 14.5. The van der Waals surface area contributed by atoms with Gasteiger partial charge in [-0.3, -0.25) is 9.59 Å². The molecule has 2 aromatic carbocycles. The first kappa shape index (κ1) is 20.9. The molecule has 2 amide bonds. The highest BCUT2D eigenvalue weighted by atomic mass is 35.5. The van der Waals surface area contributed by atoms with E-state index < -0.39 is 17.8 Å². The number of hydrogen-bond acceptors (Lipinski definition) is 5.